The lowest BCUT2D eigenvalue weighted by Gasteiger charge is -2.06. The SMILES string of the molecule is Cc1ccsc1Cn1c(N)nc2ccc(Br)cc21. The number of aromatic nitrogens is 2. The lowest BCUT2D eigenvalue weighted by atomic mass is 10.3. The average Bonchev–Trinajstić information content (AvgIpc) is 2.86. The van der Waals surface area contributed by atoms with Gasteiger partial charge in [-0.1, -0.05) is 15.9 Å². The Bertz CT molecular complexity index is 714. The number of benzene rings is 1. The number of anilines is 1. The Labute approximate surface area is 117 Å². The molecule has 18 heavy (non-hydrogen) atoms. The first-order chi connectivity index (χ1) is 8.65. The molecule has 1 aromatic carbocycles. The van der Waals surface area contributed by atoms with Crippen molar-refractivity contribution in [3.05, 3.63) is 44.6 Å². The smallest absolute Gasteiger partial charge is 0.201 e. The van der Waals surface area contributed by atoms with Crippen molar-refractivity contribution in [2.24, 2.45) is 0 Å². The molecule has 3 rings (SSSR count). The second-order valence-corrected chi connectivity index (χ2v) is 6.13. The van der Waals surface area contributed by atoms with Crippen molar-refractivity contribution in [1.82, 2.24) is 9.55 Å². The minimum absolute atomic E-state index is 0.566. The molecule has 0 aliphatic carbocycles. The lowest BCUT2D eigenvalue weighted by Crippen LogP contribution is -2.04. The van der Waals surface area contributed by atoms with Crippen LogP contribution in [-0.4, -0.2) is 9.55 Å². The van der Waals surface area contributed by atoms with Crippen LogP contribution in [0.3, 0.4) is 0 Å². The van der Waals surface area contributed by atoms with Gasteiger partial charge in [-0.3, -0.25) is 0 Å². The van der Waals surface area contributed by atoms with Crippen molar-refractivity contribution in [2.75, 3.05) is 5.73 Å². The molecule has 0 saturated carbocycles. The van der Waals surface area contributed by atoms with E-state index in [0.717, 1.165) is 22.1 Å². The van der Waals surface area contributed by atoms with Crippen LogP contribution in [-0.2, 0) is 6.54 Å². The zero-order valence-corrected chi connectivity index (χ0v) is 12.3. The van der Waals surface area contributed by atoms with E-state index >= 15 is 0 Å². The topological polar surface area (TPSA) is 43.8 Å². The number of fused-ring (bicyclic) bond motifs is 1. The molecule has 0 amide bonds. The third kappa shape index (κ3) is 1.93. The van der Waals surface area contributed by atoms with Crippen LogP contribution in [0.2, 0.25) is 0 Å². The molecule has 0 saturated heterocycles. The molecular formula is C13H12BrN3S. The zero-order chi connectivity index (χ0) is 12.7. The fourth-order valence-electron chi connectivity index (χ4n) is 1.99. The maximum Gasteiger partial charge on any atom is 0.201 e. The third-order valence-corrected chi connectivity index (χ3v) is 4.51. The molecule has 5 heteroatoms. The summed E-state index contributed by atoms with van der Waals surface area (Å²) in [5.74, 6) is 0.566. The summed E-state index contributed by atoms with van der Waals surface area (Å²) < 4.78 is 3.10. The largest absolute Gasteiger partial charge is 0.369 e. The normalized spacial score (nSPS) is 11.2. The van der Waals surface area contributed by atoms with Crippen LogP contribution in [0.25, 0.3) is 11.0 Å². The summed E-state index contributed by atoms with van der Waals surface area (Å²) in [5, 5.41) is 2.11. The summed E-state index contributed by atoms with van der Waals surface area (Å²) in [5.41, 5.74) is 9.31. The van der Waals surface area contributed by atoms with Crippen molar-refractivity contribution in [3.63, 3.8) is 0 Å². The Morgan fingerprint density at radius 3 is 2.94 bits per heavy atom. The van der Waals surface area contributed by atoms with E-state index in [9.17, 15) is 0 Å². The maximum absolute atomic E-state index is 6.01. The van der Waals surface area contributed by atoms with Gasteiger partial charge < -0.3 is 10.3 Å². The Morgan fingerprint density at radius 1 is 1.39 bits per heavy atom. The summed E-state index contributed by atoms with van der Waals surface area (Å²) in [6.45, 7) is 2.90. The van der Waals surface area contributed by atoms with Gasteiger partial charge in [0.15, 0.2) is 0 Å². The highest BCUT2D eigenvalue weighted by Crippen LogP contribution is 2.25. The third-order valence-electron chi connectivity index (χ3n) is 3.01. The van der Waals surface area contributed by atoms with Gasteiger partial charge >= 0.3 is 0 Å². The average molecular weight is 322 g/mol. The number of thiophene rings is 1. The monoisotopic (exact) mass is 321 g/mol. The van der Waals surface area contributed by atoms with E-state index in [1.54, 1.807) is 11.3 Å². The van der Waals surface area contributed by atoms with E-state index in [0.29, 0.717) is 5.95 Å². The molecule has 0 unspecified atom stereocenters. The highest BCUT2D eigenvalue weighted by atomic mass is 79.9. The number of nitrogens with two attached hydrogens (primary N) is 1. The van der Waals surface area contributed by atoms with Crippen LogP contribution in [0.15, 0.2) is 34.1 Å². The maximum atomic E-state index is 6.01. The quantitative estimate of drug-likeness (QED) is 0.780. The zero-order valence-electron chi connectivity index (χ0n) is 9.85. The van der Waals surface area contributed by atoms with Gasteiger partial charge in [-0.15, -0.1) is 11.3 Å². The van der Waals surface area contributed by atoms with Crippen LogP contribution < -0.4 is 5.73 Å². The summed E-state index contributed by atoms with van der Waals surface area (Å²) >= 11 is 5.24. The first kappa shape index (κ1) is 11.7. The molecule has 0 radical (unpaired) electrons. The number of nitrogen functional groups attached to an aromatic ring is 1. The van der Waals surface area contributed by atoms with E-state index in [1.165, 1.54) is 10.4 Å². The van der Waals surface area contributed by atoms with E-state index in [-0.39, 0.29) is 0 Å². The van der Waals surface area contributed by atoms with E-state index in [4.69, 9.17) is 5.73 Å². The van der Waals surface area contributed by atoms with Gasteiger partial charge in [0.05, 0.1) is 17.6 Å². The molecule has 92 valence electrons. The van der Waals surface area contributed by atoms with Gasteiger partial charge in [-0.05, 0) is 42.1 Å². The van der Waals surface area contributed by atoms with Crippen molar-refractivity contribution in [2.45, 2.75) is 13.5 Å². The summed E-state index contributed by atoms with van der Waals surface area (Å²) in [7, 11) is 0. The molecule has 2 N–H and O–H groups in total. The predicted octanol–water partition coefficient (Wildman–Crippen LogP) is 3.80. The van der Waals surface area contributed by atoms with E-state index in [2.05, 4.69) is 49.9 Å². The fraction of sp³-hybridized carbons (Fsp3) is 0.154. The predicted molar refractivity (Wildman–Crippen MR) is 80.0 cm³/mol. The molecule has 0 bridgehead atoms. The number of nitrogens with zero attached hydrogens (tertiary/aromatic N) is 2. The number of rotatable bonds is 2. The number of halogens is 1. The lowest BCUT2D eigenvalue weighted by molar-refractivity contribution is 0.847. The summed E-state index contributed by atoms with van der Waals surface area (Å²) in [6, 6.07) is 8.15. The number of hydrogen-bond acceptors (Lipinski definition) is 3. The molecule has 0 aliphatic heterocycles. The van der Waals surface area contributed by atoms with Gasteiger partial charge in [0.2, 0.25) is 5.95 Å². The van der Waals surface area contributed by atoms with Crippen LogP contribution in [0, 0.1) is 6.92 Å². The number of hydrogen-bond donors (Lipinski definition) is 1. The van der Waals surface area contributed by atoms with Gasteiger partial charge in [0.25, 0.3) is 0 Å². The standard InChI is InChI=1S/C13H12BrN3S/c1-8-4-5-18-12(8)7-17-11-6-9(14)2-3-10(11)16-13(17)15/h2-6H,7H2,1H3,(H2,15,16). The molecule has 3 nitrogen and oxygen atoms in total. The minimum Gasteiger partial charge on any atom is -0.369 e. The Kier molecular flexibility index (Phi) is 2.87. The van der Waals surface area contributed by atoms with Crippen LogP contribution in [0.5, 0.6) is 0 Å². The molecule has 0 aliphatic rings. The molecule has 0 spiro atoms. The van der Waals surface area contributed by atoms with Gasteiger partial charge in [0.1, 0.15) is 0 Å². The van der Waals surface area contributed by atoms with Gasteiger partial charge in [0, 0.05) is 9.35 Å². The second-order valence-electron chi connectivity index (χ2n) is 4.22. The van der Waals surface area contributed by atoms with Crippen LogP contribution in [0.4, 0.5) is 5.95 Å². The molecule has 2 aromatic heterocycles. The van der Waals surface area contributed by atoms with Crippen LogP contribution in [0.1, 0.15) is 10.4 Å². The summed E-state index contributed by atoms with van der Waals surface area (Å²) in [4.78, 5) is 5.71. The molecule has 3 aromatic rings. The number of imidazole rings is 1. The van der Waals surface area contributed by atoms with Gasteiger partial charge in [-0.25, -0.2) is 4.98 Å². The number of aryl methyl sites for hydroxylation is 1. The van der Waals surface area contributed by atoms with Crippen LogP contribution >= 0.6 is 27.3 Å². The van der Waals surface area contributed by atoms with E-state index in [1.807, 2.05) is 12.1 Å². The first-order valence-corrected chi connectivity index (χ1v) is 7.26. The van der Waals surface area contributed by atoms with Crippen molar-refractivity contribution in [3.8, 4) is 0 Å². The first-order valence-electron chi connectivity index (χ1n) is 5.59. The molecule has 0 fully saturated rings. The van der Waals surface area contributed by atoms with Crippen molar-refractivity contribution in [1.29, 1.82) is 0 Å². The highest BCUT2D eigenvalue weighted by Gasteiger charge is 2.10. The van der Waals surface area contributed by atoms with Gasteiger partial charge in [-0.2, -0.15) is 0 Å². The van der Waals surface area contributed by atoms with E-state index < -0.39 is 0 Å². The molecule has 0 atom stereocenters. The Morgan fingerprint density at radius 2 is 2.22 bits per heavy atom. The minimum atomic E-state index is 0.566. The second kappa shape index (κ2) is 4.40. The Hall–Kier alpha value is -1.33. The van der Waals surface area contributed by atoms with Crippen molar-refractivity contribution < 1.29 is 0 Å². The summed E-state index contributed by atoms with van der Waals surface area (Å²) in [6.07, 6.45) is 0. The molecular weight excluding hydrogens is 310 g/mol. The fourth-order valence-corrected chi connectivity index (χ4v) is 3.23. The highest BCUT2D eigenvalue weighted by molar-refractivity contribution is 9.10. The Balaban J connectivity index is 2.13. The molecule has 2 heterocycles. The van der Waals surface area contributed by atoms with Crippen molar-refractivity contribution >= 4 is 44.2 Å².